The minimum absolute atomic E-state index is 0.0279. The second-order valence-corrected chi connectivity index (χ2v) is 4.97. The molecule has 0 unspecified atom stereocenters. The fourth-order valence-corrected chi connectivity index (χ4v) is 2.01. The third-order valence-electron chi connectivity index (χ3n) is 2.06. The van der Waals surface area contributed by atoms with E-state index in [0.717, 1.165) is 0 Å². The molecule has 86 valence electrons. The lowest BCUT2D eigenvalue weighted by molar-refractivity contribution is 0.603. The third-order valence-corrected chi connectivity index (χ3v) is 2.56. The molecule has 0 saturated heterocycles. The summed E-state index contributed by atoms with van der Waals surface area (Å²) in [4.78, 5) is 0. The molecular weight excluding hydrogens is 226 g/mol. The Hall–Kier alpha value is -1.58. The number of hydrogen-bond donors (Lipinski definition) is 2. The average Bonchev–Trinajstić information content (AvgIpc) is 2.14. The molecule has 0 heterocycles. The first-order chi connectivity index (χ1) is 7.35. The third kappa shape index (κ3) is 2.95. The van der Waals surface area contributed by atoms with Crippen LogP contribution in [0.25, 0.3) is 0 Å². The fourth-order valence-electron chi connectivity index (χ4n) is 1.53. The molecule has 3 N–H and O–H groups in total. The molecule has 0 radical (unpaired) electrons. The molecule has 1 rings (SSSR count). The minimum atomic E-state index is -3.82. The van der Waals surface area contributed by atoms with Crippen molar-refractivity contribution in [3.63, 3.8) is 0 Å². The van der Waals surface area contributed by atoms with E-state index < -0.39 is 10.2 Å². The monoisotopic (exact) mass is 239 g/mol. The molecule has 0 bridgehead atoms. The zero-order valence-corrected chi connectivity index (χ0v) is 9.88. The van der Waals surface area contributed by atoms with Gasteiger partial charge in [0.05, 0.1) is 17.3 Å². The Balaban J connectivity index is 3.35. The van der Waals surface area contributed by atoms with E-state index in [1.54, 1.807) is 18.2 Å². The highest BCUT2D eigenvalue weighted by Crippen LogP contribution is 2.27. The second kappa shape index (κ2) is 4.51. The Kier molecular flexibility index (Phi) is 3.52. The number of nitrogens with one attached hydrogen (secondary N) is 1. The van der Waals surface area contributed by atoms with Crippen LogP contribution in [0.4, 0.5) is 5.69 Å². The number of rotatable bonds is 3. The lowest BCUT2D eigenvalue weighted by Crippen LogP contribution is -2.22. The SMILES string of the molecule is CC(C)c1c(C#N)cccc1NS(N)(=O)=O. The van der Waals surface area contributed by atoms with Gasteiger partial charge < -0.3 is 0 Å². The smallest absolute Gasteiger partial charge is 0.271 e. The van der Waals surface area contributed by atoms with Gasteiger partial charge in [-0.25, -0.2) is 5.14 Å². The van der Waals surface area contributed by atoms with Crippen LogP contribution in [-0.4, -0.2) is 8.42 Å². The van der Waals surface area contributed by atoms with E-state index in [-0.39, 0.29) is 5.92 Å². The van der Waals surface area contributed by atoms with Crippen LogP contribution in [-0.2, 0) is 10.2 Å². The van der Waals surface area contributed by atoms with Crippen molar-refractivity contribution >= 4 is 15.9 Å². The molecule has 0 atom stereocenters. The Bertz CT molecular complexity index is 529. The zero-order chi connectivity index (χ0) is 12.3. The molecule has 0 aliphatic heterocycles. The predicted molar refractivity (Wildman–Crippen MR) is 62.0 cm³/mol. The van der Waals surface area contributed by atoms with E-state index in [0.29, 0.717) is 16.8 Å². The first-order valence-electron chi connectivity index (χ1n) is 4.68. The predicted octanol–water partition coefficient (Wildman–Crippen LogP) is 1.30. The molecule has 0 saturated carbocycles. The first-order valence-corrected chi connectivity index (χ1v) is 6.23. The van der Waals surface area contributed by atoms with E-state index in [1.165, 1.54) is 0 Å². The van der Waals surface area contributed by atoms with Gasteiger partial charge in [0.25, 0.3) is 10.2 Å². The summed E-state index contributed by atoms with van der Waals surface area (Å²) < 4.78 is 24.1. The number of hydrogen-bond acceptors (Lipinski definition) is 3. The Morgan fingerprint density at radius 1 is 1.44 bits per heavy atom. The van der Waals surface area contributed by atoms with Gasteiger partial charge in [0.1, 0.15) is 0 Å². The summed E-state index contributed by atoms with van der Waals surface area (Å²) in [6.07, 6.45) is 0. The van der Waals surface area contributed by atoms with Crippen LogP contribution in [0.2, 0.25) is 0 Å². The van der Waals surface area contributed by atoms with Crippen molar-refractivity contribution < 1.29 is 8.42 Å². The van der Waals surface area contributed by atoms with Crippen molar-refractivity contribution in [2.45, 2.75) is 19.8 Å². The van der Waals surface area contributed by atoms with Gasteiger partial charge in [-0.1, -0.05) is 19.9 Å². The molecule has 0 fully saturated rings. The maximum Gasteiger partial charge on any atom is 0.296 e. The lowest BCUT2D eigenvalue weighted by Gasteiger charge is -2.14. The first kappa shape index (κ1) is 12.5. The van der Waals surface area contributed by atoms with Crippen LogP contribution in [0.5, 0.6) is 0 Å². The number of anilines is 1. The quantitative estimate of drug-likeness (QED) is 0.832. The molecule has 0 aromatic heterocycles. The highest BCUT2D eigenvalue weighted by Gasteiger charge is 2.14. The largest absolute Gasteiger partial charge is 0.296 e. The summed E-state index contributed by atoms with van der Waals surface area (Å²) >= 11 is 0. The van der Waals surface area contributed by atoms with Gasteiger partial charge >= 0.3 is 0 Å². The van der Waals surface area contributed by atoms with E-state index in [4.69, 9.17) is 10.4 Å². The van der Waals surface area contributed by atoms with Crippen molar-refractivity contribution in [2.24, 2.45) is 5.14 Å². The van der Waals surface area contributed by atoms with E-state index in [1.807, 2.05) is 19.9 Å². The van der Waals surface area contributed by atoms with Gasteiger partial charge in [0.2, 0.25) is 0 Å². The maximum atomic E-state index is 11.0. The molecule has 0 aliphatic carbocycles. The Morgan fingerprint density at radius 3 is 2.50 bits per heavy atom. The molecule has 1 aromatic rings. The summed E-state index contributed by atoms with van der Waals surface area (Å²) in [6.45, 7) is 3.76. The van der Waals surface area contributed by atoms with E-state index >= 15 is 0 Å². The molecule has 16 heavy (non-hydrogen) atoms. The number of nitriles is 1. The highest BCUT2D eigenvalue weighted by molar-refractivity contribution is 7.90. The summed E-state index contributed by atoms with van der Waals surface area (Å²) in [5.41, 5.74) is 1.46. The van der Waals surface area contributed by atoms with Crippen molar-refractivity contribution in [3.8, 4) is 6.07 Å². The van der Waals surface area contributed by atoms with Gasteiger partial charge in [-0.05, 0) is 23.6 Å². The molecule has 0 spiro atoms. The van der Waals surface area contributed by atoms with E-state index in [2.05, 4.69) is 4.72 Å². The number of nitrogens with two attached hydrogens (primary N) is 1. The van der Waals surface area contributed by atoms with Crippen molar-refractivity contribution in [1.29, 1.82) is 5.26 Å². The molecular formula is C10H13N3O2S. The van der Waals surface area contributed by atoms with Crippen LogP contribution in [0.3, 0.4) is 0 Å². The summed E-state index contributed by atoms with van der Waals surface area (Å²) in [5, 5.41) is 13.8. The Labute approximate surface area is 95.1 Å². The number of benzene rings is 1. The molecule has 0 amide bonds. The maximum absolute atomic E-state index is 11.0. The number of nitrogens with zero attached hydrogens (tertiary/aromatic N) is 1. The van der Waals surface area contributed by atoms with Crippen LogP contribution in [0, 0.1) is 11.3 Å². The van der Waals surface area contributed by atoms with Gasteiger partial charge in [-0.2, -0.15) is 13.7 Å². The van der Waals surface area contributed by atoms with Crippen LogP contribution < -0.4 is 9.86 Å². The Morgan fingerprint density at radius 2 is 2.06 bits per heavy atom. The molecule has 5 nitrogen and oxygen atoms in total. The van der Waals surface area contributed by atoms with Crippen molar-refractivity contribution in [3.05, 3.63) is 29.3 Å². The lowest BCUT2D eigenvalue weighted by atomic mass is 9.96. The summed E-state index contributed by atoms with van der Waals surface area (Å²) in [5.74, 6) is 0.0279. The summed E-state index contributed by atoms with van der Waals surface area (Å²) in [6, 6.07) is 6.86. The fraction of sp³-hybridized carbons (Fsp3) is 0.300. The molecule has 6 heteroatoms. The van der Waals surface area contributed by atoms with Crippen LogP contribution in [0.15, 0.2) is 18.2 Å². The van der Waals surface area contributed by atoms with Crippen molar-refractivity contribution in [1.82, 2.24) is 0 Å². The average molecular weight is 239 g/mol. The minimum Gasteiger partial charge on any atom is -0.271 e. The van der Waals surface area contributed by atoms with Gasteiger partial charge in [0.15, 0.2) is 0 Å². The highest BCUT2D eigenvalue weighted by atomic mass is 32.2. The van der Waals surface area contributed by atoms with Gasteiger partial charge in [-0.3, -0.25) is 4.72 Å². The van der Waals surface area contributed by atoms with Gasteiger partial charge in [-0.15, -0.1) is 0 Å². The standard InChI is InChI=1S/C10H13N3O2S/c1-7(2)10-8(6-11)4-3-5-9(10)13-16(12,14)15/h3-5,7,13H,1-2H3,(H2,12,14,15). The molecule has 1 aromatic carbocycles. The second-order valence-electron chi connectivity index (χ2n) is 3.68. The topological polar surface area (TPSA) is 96.0 Å². The van der Waals surface area contributed by atoms with Crippen LogP contribution >= 0.6 is 0 Å². The van der Waals surface area contributed by atoms with Gasteiger partial charge in [0, 0.05) is 0 Å². The normalized spacial score (nSPS) is 11.2. The summed E-state index contributed by atoms with van der Waals surface area (Å²) in [7, 11) is -3.82. The van der Waals surface area contributed by atoms with Crippen LogP contribution in [0.1, 0.15) is 30.9 Å². The zero-order valence-electron chi connectivity index (χ0n) is 9.06. The van der Waals surface area contributed by atoms with Crippen molar-refractivity contribution in [2.75, 3.05) is 4.72 Å². The molecule has 0 aliphatic rings. The van der Waals surface area contributed by atoms with E-state index in [9.17, 15) is 8.42 Å².